The standard InChI is InChI=1S/C26H50N4S2/c1-23(2,3)19-9-13-25(7,14-10-19)29-21(27)17-31-32-18-22(28)30-26(8)15-11-20(12-16-26)24(4,5)6/h19-20H,9-18H2,1-8H3,(H2,27,29)(H2,28,30). The van der Waals surface area contributed by atoms with E-state index in [2.05, 4.69) is 55.4 Å². The molecule has 4 nitrogen and oxygen atoms in total. The summed E-state index contributed by atoms with van der Waals surface area (Å²) in [4.78, 5) is 9.86. The van der Waals surface area contributed by atoms with Gasteiger partial charge in [0.2, 0.25) is 0 Å². The Morgan fingerprint density at radius 3 is 1.22 bits per heavy atom. The summed E-state index contributed by atoms with van der Waals surface area (Å²) in [7, 11) is 3.49. The van der Waals surface area contributed by atoms with E-state index < -0.39 is 0 Å². The van der Waals surface area contributed by atoms with Gasteiger partial charge in [-0.2, -0.15) is 0 Å². The summed E-state index contributed by atoms with van der Waals surface area (Å²) in [6.45, 7) is 18.7. The summed E-state index contributed by atoms with van der Waals surface area (Å²) >= 11 is 0. The fourth-order valence-corrected chi connectivity index (χ4v) is 7.16. The van der Waals surface area contributed by atoms with Gasteiger partial charge in [-0.25, -0.2) is 0 Å². The van der Waals surface area contributed by atoms with Crippen LogP contribution in [0.5, 0.6) is 0 Å². The maximum Gasteiger partial charge on any atom is 0.105 e. The second-order valence-electron chi connectivity index (χ2n) is 13.0. The molecule has 0 heterocycles. The van der Waals surface area contributed by atoms with Gasteiger partial charge in [0.15, 0.2) is 0 Å². The fourth-order valence-electron chi connectivity index (χ4n) is 5.40. The molecular formula is C26H50N4S2. The average Bonchev–Trinajstić information content (AvgIpc) is 2.63. The molecule has 2 aliphatic rings. The molecule has 0 spiro atoms. The Kier molecular flexibility index (Phi) is 9.52. The van der Waals surface area contributed by atoms with Gasteiger partial charge in [-0.1, -0.05) is 63.1 Å². The Labute approximate surface area is 206 Å². The third-order valence-corrected chi connectivity index (χ3v) is 10.1. The van der Waals surface area contributed by atoms with E-state index in [1.807, 2.05) is 0 Å². The number of nitrogens with two attached hydrogens (primary N) is 2. The molecule has 4 N–H and O–H groups in total. The van der Waals surface area contributed by atoms with Crippen molar-refractivity contribution in [1.29, 1.82) is 0 Å². The van der Waals surface area contributed by atoms with E-state index in [-0.39, 0.29) is 11.1 Å². The molecule has 0 unspecified atom stereocenters. The summed E-state index contributed by atoms with van der Waals surface area (Å²) < 4.78 is 0. The van der Waals surface area contributed by atoms with Crippen LogP contribution in [-0.2, 0) is 0 Å². The second kappa shape index (κ2) is 10.9. The predicted octanol–water partition coefficient (Wildman–Crippen LogP) is 7.07. The van der Waals surface area contributed by atoms with Gasteiger partial charge >= 0.3 is 0 Å². The number of aliphatic imine (C=N–C) groups is 2. The lowest BCUT2D eigenvalue weighted by atomic mass is 9.68. The maximum absolute atomic E-state index is 6.30. The Bertz CT molecular complexity index is 598. The van der Waals surface area contributed by atoms with E-state index in [4.69, 9.17) is 21.5 Å². The lowest BCUT2D eigenvalue weighted by Gasteiger charge is -2.40. The van der Waals surface area contributed by atoms with E-state index >= 15 is 0 Å². The van der Waals surface area contributed by atoms with Crippen molar-refractivity contribution in [2.24, 2.45) is 44.1 Å². The summed E-state index contributed by atoms with van der Waals surface area (Å²) in [5, 5.41) is 0. The third kappa shape index (κ3) is 8.77. The molecule has 2 aliphatic carbocycles. The topological polar surface area (TPSA) is 76.8 Å². The summed E-state index contributed by atoms with van der Waals surface area (Å²) in [5.41, 5.74) is 13.4. The van der Waals surface area contributed by atoms with Crippen LogP contribution in [0.25, 0.3) is 0 Å². The normalized spacial score (nSPS) is 33.4. The van der Waals surface area contributed by atoms with Gasteiger partial charge in [0.25, 0.3) is 0 Å². The SMILES string of the molecule is CC1(N=C(N)CSSCC(N)=NC2(C)CCC(C(C)(C)C)CC2)CCC(C(C)(C)C)CC1. The van der Waals surface area contributed by atoms with Crippen LogP contribution in [0.1, 0.15) is 107 Å². The van der Waals surface area contributed by atoms with Crippen molar-refractivity contribution in [3.05, 3.63) is 0 Å². The van der Waals surface area contributed by atoms with E-state index in [1.54, 1.807) is 21.6 Å². The van der Waals surface area contributed by atoms with Gasteiger partial charge in [-0.3, -0.25) is 9.98 Å². The zero-order chi connectivity index (χ0) is 24.2. The van der Waals surface area contributed by atoms with Crippen LogP contribution in [-0.4, -0.2) is 34.3 Å². The Hall–Kier alpha value is -0.360. The first kappa shape index (κ1) is 27.9. The van der Waals surface area contributed by atoms with Crippen LogP contribution in [0.4, 0.5) is 0 Å². The third-order valence-electron chi connectivity index (χ3n) is 7.90. The smallest absolute Gasteiger partial charge is 0.105 e. The first-order chi connectivity index (χ1) is 14.6. The molecule has 32 heavy (non-hydrogen) atoms. The molecule has 186 valence electrons. The van der Waals surface area contributed by atoms with E-state index in [0.29, 0.717) is 10.8 Å². The van der Waals surface area contributed by atoms with Crippen molar-refractivity contribution in [2.45, 2.75) is 118 Å². The highest BCUT2D eigenvalue weighted by atomic mass is 33.1. The van der Waals surface area contributed by atoms with Crippen LogP contribution in [0.2, 0.25) is 0 Å². The van der Waals surface area contributed by atoms with Gasteiger partial charge in [-0.15, -0.1) is 0 Å². The molecule has 0 amide bonds. The minimum atomic E-state index is 0.0119. The summed E-state index contributed by atoms with van der Waals surface area (Å²) in [5.74, 6) is 4.63. The minimum Gasteiger partial charge on any atom is -0.387 e. The van der Waals surface area contributed by atoms with Crippen molar-refractivity contribution < 1.29 is 0 Å². The molecule has 0 aromatic heterocycles. The molecule has 0 radical (unpaired) electrons. The average molecular weight is 483 g/mol. The van der Waals surface area contributed by atoms with Gasteiger partial charge < -0.3 is 11.5 Å². The van der Waals surface area contributed by atoms with E-state index in [1.165, 1.54) is 25.7 Å². The van der Waals surface area contributed by atoms with E-state index in [0.717, 1.165) is 60.7 Å². The van der Waals surface area contributed by atoms with Crippen molar-refractivity contribution >= 4 is 33.3 Å². The maximum atomic E-state index is 6.30. The second-order valence-corrected chi connectivity index (χ2v) is 15.5. The lowest BCUT2D eigenvalue weighted by Crippen LogP contribution is -2.36. The minimum absolute atomic E-state index is 0.0119. The van der Waals surface area contributed by atoms with Crippen LogP contribution < -0.4 is 11.5 Å². The number of hydrogen-bond donors (Lipinski definition) is 2. The Morgan fingerprint density at radius 2 is 0.969 bits per heavy atom. The zero-order valence-corrected chi connectivity index (χ0v) is 23.7. The zero-order valence-electron chi connectivity index (χ0n) is 22.1. The molecule has 0 bridgehead atoms. The molecule has 2 fully saturated rings. The lowest BCUT2D eigenvalue weighted by molar-refractivity contribution is 0.142. The number of rotatable bonds is 7. The van der Waals surface area contributed by atoms with Crippen molar-refractivity contribution in [1.82, 2.24) is 0 Å². The largest absolute Gasteiger partial charge is 0.387 e. The molecule has 2 rings (SSSR count). The van der Waals surface area contributed by atoms with Crippen LogP contribution >= 0.6 is 21.6 Å². The molecule has 0 aliphatic heterocycles. The first-order valence-electron chi connectivity index (χ1n) is 12.5. The summed E-state index contributed by atoms with van der Waals surface area (Å²) in [6.07, 6.45) is 9.57. The molecule has 6 heteroatoms. The van der Waals surface area contributed by atoms with Gasteiger partial charge in [0.1, 0.15) is 11.7 Å². The quantitative estimate of drug-likeness (QED) is 0.176. The molecule has 0 aromatic carbocycles. The highest BCUT2D eigenvalue weighted by Gasteiger charge is 2.36. The van der Waals surface area contributed by atoms with Crippen molar-refractivity contribution in [3.8, 4) is 0 Å². The fraction of sp³-hybridized carbons (Fsp3) is 0.923. The monoisotopic (exact) mass is 482 g/mol. The molecular weight excluding hydrogens is 432 g/mol. The van der Waals surface area contributed by atoms with Crippen molar-refractivity contribution in [3.63, 3.8) is 0 Å². The number of hydrogen-bond acceptors (Lipinski definition) is 4. The highest BCUT2D eigenvalue weighted by Crippen LogP contribution is 2.44. The molecule has 2 saturated carbocycles. The van der Waals surface area contributed by atoms with Gasteiger partial charge in [0.05, 0.1) is 22.6 Å². The Morgan fingerprint density at radius 1 is 0.688 bits per heavy atom. The first-order valence-corrected chi connectivity index (χ1v) is 15.0. The van der Waals surface area contributed by atoms with Gasteiger partial charge in [-0.05, 0) is 87.9 Å². The number of nitrogens with zero attached hydrogens (tertiary/aromatic N) is 2. The Balaban J connectivity index is 1.73. The van der Waals surface area contributed by atoms with Crippen LogP contribution in [0, 0.1) is 22.7 Å². The molecule has 0 atom stereocenters. The van der Waals surface area contributed by atoms with Gasteiger partial charge in [0, 0.05) is 0 Å². The highest BCUT2D eigenvalue weighted by molar-refractivity contribution is 8.77. The summed E-state index contributed by atoms with van der Waals surface area (Å²) in [6, 6.07) is 0. The predicted molar refractivity (Wildman–Crippen MR) is 148 cm³/mol. The molecule has 0 saturated heterocycles. The molecule has 0 aromatic rings. The van der Waals surface area contributed by atoms with E-state index in [9.17, 15) is 0 Å². The van der Waals surface area contributed by atoms with Crippen LogP contribution in [0.3, 0.4) is 0 Å². The van der Waals surface area contributed by atoms with Crippen LogP contribution in [0.15, 0.2) is 9.98 Å². The number of amidine groups is 2. The van der Waals surface area contributed by atoms with Crippen molar-refractivity contribution in [2.75, 3.05) is 11.5 Å².